The Hall–Kier alpha value is -2.50. The summed E-state index contributed by atoms with van der Waals surface area (Å²) in [5, 5.41) is 10.5. The van der Waals surface area contributed by atoms with E-state index >= 15 is 0 Å². The second-order valence-electron chi connectivity index (χ2n) is 5.46. The number of aromatic nitrogens is 1. The van der Waals surface area contributed by atoms with Crippen LogP contribution in [-0.2, 0) is 13.0 Å². The van der Waals surface area contributed by atoms with Crippen molar-refractivity contribution < 1.29 is 8.94 Å². The molecule has 6 heteroatoms. The van der Waals surface area contributed by atoms with Crippen molar-refractivity contribution in [1.29, 1.82) is 0 Å². The fraction of sp³-hybridized carbons (Fsp3) is 0.412. The minimum Gasteiger partial charge on any atom is -0.469 e. The van der Waals surface area contributed by atoms with Crippen LogP contribution in [0.2, 0.25) is 0 Å². The van der Waals surface area contributed by atoms with Crippen LogP contribution in [0.1, 0.15) is 37.0 Å². The van der Waals surface area contributed by atoms with Gasteiger partial charge in [0.15, 0.2) is 11.7 Å². The van der Waals surface area contributed by atoms with Gasteiger partial charge in [-0.15, -0.1) is 6.58 Å². The molecule has 0 amide bonds. The average Bonchev–Trinajstić information content (AvgIpc) is 3.20. The van der Waals surface area contributed by atoms with Crippen LogP contribution in [0.5, 0.6) is 0 Å². The third-order valence-corrected chi connectivity index (χ3v) is 3.22. The average molecular weight is 316 g/mol. The first-order valence-corrected chi connectivity index (χ1v) is 7.80. The Kier molecular flexibility index (Phi) is 6.47. The molecule has 2 rings (SSSR count). The Labute approximate surface area is 136 Å². The second-order valence-corrected chi connectivity index (χ2v) is 5.46. The Morgan fingerprint density at radius 2 is 2.26 bits per heavy atom. The van der Waals surface area contributed by atoms with Gasteiger partial charge in [-0.05, 0) is 18.1 Å². The number of nitrogens with one attached hydrogen (secondary N) is 2. The zero-order valence-electron chi connectivity index (χ0n) is 13.7. The van der Waals surface area contributed by atoms with Crippen LogP contribution in [-0.4, -0.2) is 24.2 Å². The van der Waals surface area contributed by atoms with Crippen molar-refractivity contribution in [1.82, 2.24) is 15.8 Å². The van der Waals surface area contributed by atoms with E-state index in [1.165, 1.54) is 0 Å². The molecule has 0 saturated carbocycles. The zero-order chi connectivity index (χ0) is 16.5. The molecule has 0 bridgehead atoms. The van der Waals surface area contributed by atoms with Gasteiger partial charge >= 0.3 is 0 Å². The molecule has 0 fully saturated rings. The van der Waals surface area contributed by atoms with E-state index in [1.54, 1.807) is 12.3 Å². The lowest BCUT2D eigenvalue weighted by molar-refractivity contribution is 0.376. The highest BCUT2D eigenvalue weighted by Gasteiger charge is 2.07. The maximum atomic E-state index is 5.31. The van der Waals surface area contributed by atoms with Crippen LogP contribution < -0.4 is 10.6 Å². The molecule has 2 N–H and O–H groups in total. The van der Waals surface area contributed by atoms with E-state index in [2.05, 4.69) is 41.2 Å². The highest BCUT2D eigenvalue weighted by atomic mass is 16.5. The highest BCUT2D eigenvalue weighted by molar-refractivity contribution is 5.79. The van der Waals surface area contributed by atoms with Crippen molar-refractivity contribution in [2.75, 3.05) is 13.1 Å². The fourth-order valence-electron chi connectivity index (χ4n) is 1.93. The molecule has 0 unspecified atom stereocenters. The molecule has 0 radical (unpaired) electrons. The number of nitrogens with zero attached hydrogens (tertiary/aromatic N) is 2. The van der Waals surface area contributed by atoms with Gasteiger partial charge in [-0.25, -0.2) is 4.99 Å². The monoisotopic (exact) mass is 316 g/mol. The molecule has 23 heavy (non-hydrogen) atoms. The molecule has 0 aliphatic carbocycles. The number of aliphatic imine (C=N–C) groups is 1. The van der Waals surface area contributed by atoms with Crippen molar-refractivity contribution >= 4 is 5.96 Å². The summed E-state index contributed by atoms with van der Waals surface area (Å²) < 4.78 is 10.6. The number of furan rings is 1. The first-order valence-electron chi connectivity index (χ1n) is 7.80. The summed E-state index contributed by atoms with van der Waals surface area (Å²) in [6, 6.07) is 5.79. The number of hydrogen-bond acceptors (Lipinski definition) is 4. The van der Waals surface area contributed by atoms with Crippen molar-refractivity contribution in [3.8, 4) is 0 Å². The van der Waals surface area contributed by atoms with Crippen LogP contribution in [0.4, 0.5) is 0 Å². The molecular formula is C17H24N4O2. The van der Waals surface area contributed by atoms with Gasteiger partial charge in [-0.3, -0.25) is 0 Å². The van der Waals surface area contributed by atoms with Crippen LogP contribution in [0.25, 0.3) is 0 Å². The van der Waals surface area contributed by atoms with Crippen molar-refractivity contribution in [2.24, 2.45) is 4.99 Å². The molecule has 0 spiro atoms. The lowest BCUT2D eigenvalue weighted by atomic mass is 10.1. The maximum Gasteiger partial charge on any atom is 0.191 e. The quantitative estimate of drug-likeness (QED) is 0.445. The molecule has 2 aromatic rings. The second kappa shape index (κ2) is 8.82. The van der Waals surface area contributed by atoms with Gasteiger partial charge < -0.3 is 19.6 Å². The van der Waals surface area contributed by atoms with Gasteiger partial charge in [0.2, 0.25) is 0 Å². The van der Waals surface area contributed by atoms with Gasteiger partial charge in [-0.1, -0.05) is 25.1 Å². The Morgan fingerprint density at radius 3 is 2.91 bits per heavy atom. The molecule has 124 valence electrons. The first kappa shape index (κ1) is 16.9. The summed E-state index contributed by atoms with van der Waals surface area (Å²) >= 11 is 0. The number of rotatable bonds is 8. The number of hydrogen-bond donors (Lipinski definition) is 2. The molecule has 0 aliphatic rings. The Bertz CT molecular complexity index is 614. The SMILES string of the molecule is C=CCNC(=NCc1cc(C(C)C)no1)NCCc1ccco1. The molecule has 0 saturated heterocycles. The Balaban J connectivity index is 1.88. The van der Waals surface area contributed by atoms with Gasteiger partial charge in [0.1, 0.15) is 12.3 Å². The van der Waals surface area contributed by atoms with E-state index in [9.17, 15) is 0 Å². The molecule has 2 heterocycles. The molecule has 0 aliphatic heterocycles. The standard InChI is InChI=1S/C17H24N4O2/c1-4-8-18-17(19-9-7-14-6-5-10-22-14)20-12-15-11-16(13(2)3)21-23-15/h4-6,10-11,13H,1,7-9,12H2,2-3H3,(H2,18,19,20). The van der Waals surface area contributed by atoms with Crippen molar-refractivity contribution in [3.05, 3.63) is 54.3 Å². The summed E-state index contributed by atoms with van der Waals surface area (Å²) in [6.45, 7) is 9.67. The largest absolute Gasteiger partial charge is 0.469 e. The maximum absolute atomic E-state index is 5.31. The predicted molar refractivity (Wildman–Crippen MR) is 90.3 cm³/mol. The van der Waals surface area contributed by atoms with Crippen LogP contribution >= 0.6 is 0 Å². The van der Waals surface area contributed by atoms with E-state index in [0.29, 0.717) is 25.0 Å². The summed E-state index contributed by atoms with van der Waals surface area (Å²) in [5.41, 5.74) is 0.946. The Morgan fingerprint density at radius 1 is 1.39 bits per heavy atom. The van der Waals surface area contributed by atoms with E-state index in [0.717, 1.165) is 30.2 Å². The van der Waals surface area contributed by atoms with Gasteiger partial charge in [0, 0.05) is 25.6 Å². The molecule has 2 aromatic heterocycles. The first-order chi connectivity index (χ1) is 11.2. The normalized spacial score (nSPS) is 11.7. The summed E-state index contributed by atoms with van der Waals surface area (Å²) in [6.07, 6.45) is 4.26. The summed E-state index contributed by atoms with van der Waals surface area (Å²) in [4.78, 5) is 4.51. The molecular weight excluding hydrogens is 292 g/mol. The van der Waals surface area contributed by atoms with Crippen LogP contribution in [0.3, 0.4) is 0 Å². The lowest BCUT2D eigenvalue weighted by Gasteiger charge is -2.10. The smallest absolute Gasteiger partial charge is 0.191 e. The minimum atomic E-state index is 0.348. The third kappa shape index (κ3) is 5.65. The molecule has 0 atom stereocenters. The van der Waals surface area contributed by atoms with E-state index in [1.807, 2.05) is 18.2 Å². The van der Waals surface area contributed by atoms with Gasteiger partial charge in [-0.2, -0.15) is 0 Å². The molecule has 0 aromatic carbocycles. The summed E-state index contributed by atoms with van der Waals surface area (Å²) in [5.74, 6) is 2.75. The molecule has 6 nitrogen and oxygen atoms in total. The van der Waals surface area contributed by atoms with E-state index in [4.69, 9.17) is 8.94 Å². The van der Waals surface area contributed by atoms with Crippen molar-refractivity contribution in [3.63, 3.8) is 0 Å². The minimum absolute atomic E-state index is 0.348. The number of guanidine groups is 1. The van der Waals surface area contributed by atoms with Gasteiger partial charge in [0.05, 0.1) is 12.0 Å². The van der Waals surface area contributed by atoms with Gasteiger partial charge in [0.25, 0.3) is 0 Å². The van der Waals surface area contributed by atoms with Crippen molar-refractivity contribution in [2.45, 2.75) is 32.7 Å². The topological polar surface area (TPSA) is 75.6 Å². The zero-order valence-corrected chi connectivity index (χ0v) is 13.7. The van der Waals surface area contributed by atoms with Crippen LogP contribution in [0, 0.1) is 0 Å². The highest BCUT2D eigenvalue weighted by Crippen LogP contribution is 2.14. The third-order valence-electron chi connectivity index (χ3n) is 3.22. The predicted octanol–water partition coefficient (Wildman–Crippen LogP) is 2.85. The van der Waals surface area contributed by atoms with E-state index < -0.39 is 0 Å². The lowest BCUT2D eigenvalue weighted by Crippen LogP contribution is -2.38. The summed E-state index contributed by atoms with van der Waals surface area (Å²) in [7, 11) is 0. The van der Waals surface area contributed by atoms with E-state index in [-0.39, 0.29) is 0 Å². The fourth-order valence-corrected chi connectivity index (χ4v) is 1.93. The van der Waals surface area contributed by atoms with Crippen LogP contribution in [0.15, 0.2) is 51.0 Å².